The number of halogens is 2. The summed E-state index contributed by atoms with van der Waals surface area (Å²) in [6, 6.07) is 28.0. The maximum absolute atomic E-state index is 14.3. The number of benzene rings is 4. The third-order valence-electron chi connectivity index (χ3n) is 6.67. The van der Waals surface area contributed by atoms with Gasteiger partial charge in [0.15, 0.2) is 0 Å². The van der Waals surface area contributed by atoms with Crippen molar-refractivity contribution in [3.05, 3.63) is 124 Å². The van der Waals surface area contributed by atoms with E-state index in [9.17, 15) is 4.39 Å². The molecule has 1 heterocycles. The number of hydrogen-bond donors (Lipinski definition) is 0. The van der Waals surface area contributed by atoms with E-state index in [1.807, 2.05) is 37.3 Å². The summed E-state index contributed by atoms with van der Waals surface area (Å²) < 4.78 is 14.3. The molecule has 176 valence electrons. The second kappa shape index (κ2) is 9.67. The molecule has 5 rings (SSSR count). The molecule has 0 amide bonds. The highest BCUT2D eigenvalue weighted by Crippen LogP contribution is 2.29. The molecule has 0 radical (unpaired) electrons. The summed E-state index contributed by atoms with van der Waals surface area (Å²) in [5.41, 5.74) is 9.49. The highest BCUT2D eigenvalue weighted by atomic mass is 35.5. The Morgan fingerprint density at radius 1 is 0.914 bits per heavy atom. The van der Waals surface area contributed by atoms with Gasteiger partial charge >= 0.3 is 0 Å². The highest BCUT2D eigenvalue weighted by molar-refractivity contribution is 6.31. The van der Waals surface area contributed by atoms with Gasteiger partial charge in [0.2, 0.25) is 0 Å². The Morgan fingerprint density at radius 3 is 2.46 bits per heavy atom. The number of rotatable bonds is 5. The van der Waals surface area contributed by atoms with E-state index in [1.54, 1.807) is 12.1 Å². The quantitative estimate of drug-likeness (QED) is 0.280. The Morgan fingerprint density at radius 2 is 1.71 bits per heavy atom. The minimum Gasteiger partial charge on any atom is -0.265 e. The zero-order chi connectivity index (χ0) is 24.5. The lowest BCUT2D eigenvalue weighted by Crippen LogP contribution is -2.17. The van der Waals surface area contributed by atoms with Gasteiger partial charge in [-0.15, -0.1) is 0 Å². The van der Waals surface area contributed by atoms with E-state index >= 15 is 0 Å². The van der Waals surface area contributed by atoms with Crippen LogP contribution in [0.3, 0.4) is 0 Å². The molecule has 0 N–H and O–H groups in total. The lowest BCUT2D eigenvalue weighted by Gasteiger charge is -2.15. The maximum atomic E-state index is 14.3. The summed E-state index contributed by atoms with van der Waals surface area (Å²) >= 11 is 6.19. The standard InChI is InChI=1S/C31H28ClFN2/c1-20-7-14-30(33)29(15-20)25-11-10-24(21(2)16-25)17-23-8-12-28(13-9-23)35-19-22(3)31(34-35)26-5-4-6-27(32)18-26/h4-16,18,22H,17,19H2,1-3H3/t22-/m0/s1. The van der Waals surface area contributed by atoms with Gasteiger partial charge in [0.25, 0.3) is 0 Å². The largest absolute Gasteiger partial charge is 0.265 e. The van der Waals surface area contributed by atoms with Crippen molar-refractivity contribution >= 4 is 23.0 Å². The van der Waals surface area contributed by atoms with Crippen LogP contribution in [0.25, 0.3) is 11.1 Å². The Kier molecular flexibility index (Phi) is 6.44. The van der Waals surface area contributed by atoms with Crippen molar-refractivity contribution in [2.45, 2.75) is 27.2 Å². The van der Waals surface area contributed by atoms with Crippen molar-refractivity contribution in [2.24, 2.45) is 11.0 Å². The van der Waals surface area contributed by atoms with Gasteiger partial charge in [-0.2, -0.15) is 5.10 Å². The SMILES string of the molecule is Cc1ccc(F)c(-c2ccc(Cc3ccc(N4C[C@H](C)C(c5cccc(Cl)c5)=N4)cc3)c(C)c2)c1. The van der Waals surface area contributed by atoms with Gasteiger partial charge in [0, 0.05) is 23.0 Å². The van der Waals surface area contributed by atoms with Crippen LogP contribution in [0.15, 0.2) is 90.0 Å². The first kappa shape index (κ1) is 23.3. The van der Waals surface area contributed by atoms with Gasteiger partial charge in [0.1, 0.15) is 5.82 Å². The minimum atomic E-state index is -0.184. The van der Waals surface area contributed by atoms with Crippen LogP contribution in [-0.4, -0.2) is 12.3 Å². The third-order valence-corrected chi connectivity index (χ3v) is 6.90. The van der Waals surface area contributed by atoms with Crippen molar-refractivity contribution in [1.29, 1.82) is 0 Å². The van der Waals surface area contributed by atoms with Crippen molar-refractivity contribution < 1.29 is 4.39 Å². The Labute approximate surface area is 211 Å². The van der Waals surface area contributed by atoms with E-state index in [0.717, 1.165) is 51.6 Å². The van der Waals surface area contributed by atoms with Crippen LogP contribution < -0.4 is 5.01 Å². The number of nitrogens with zero attached hydrogens (tertiary/aromatic N) is 2. The lowest BCUT2D eigenvalue weighted by atomic mass is 9.95. The summed E-state index contributed by atoms with van der Waals surface area (Å²) in [5, 5.41) is 7.69. The first-order chi connectivity index (χ1) is 16.9. The molecule has 4 heteroatoms. The molecule has 0 fully saturated rings. The van der Waals surface area contributed by atoms with Gasteiger partial charge in [-0.3, -0.25) is 5.01 Å². The summed E-state index contributed by atoms with van der Waals surface area (Å²) in [7, 11) is 0. The van der Waals surface area contributed by atoms with E-state index in [0.29, 0.717) is 11.5 Å². The summed E-state index contributed by atoms with van der Waals surface area (Å²) in [5.74, 6) is 0.142. The van der Waals surface area contributed by atoms with Crippen molar-refractivity contribution in [1.82, 2.24) is 0 Å². The van der Waals surface area contributed by atoms with E-state index in [2.05, 4.69) is 61.3 Å². The predicted molar refractivity (Wildman–Crippen MR) is 145 cm³/mol. The maximum Gasteiger partial charge on any atom is 0.131 e. The zero-order valence-corrected chi connectivity index (χ0v) is 21.0. The fourth-order valence-electron chi connectivity index (χ4n) is 4.70. The van der Waals surface area contributed by atoms with Crippen LogP contribution in [0.4, 0.5) is 10.1 Å². The fraction of sp³-hybridized carbons (Fsp3) is 0.194. The zero-order valence-electron chi connectivity index (χ0n) is 20.2. The van der Waals surface area contributed by atoms with E-state index in [4.69, 9.17) is 16.7 Å². The van der Waals surface area contributed by atoms with Crippen LogP contribution in [0.2, 0.25) is 5.02 Å². The molecular formula is C31H28ClFN2. The van der Waals surface area contributed by atoms with Crippen LogP contribution >= 0.6 is 11.6 Å². The van der Waals surface area contributed by atoms with Crippen LogP contribution in [0.1, 0.15) is 34.7 Å². The summed E-state index contributed by atoms with van der Waals surface area (Å²) in [4.78, 5) is 0. The molecule has 2 nitrogen and oxygen atoms in total. The molecule has 4 aromatic carbocycles. The molecule has 0 saturated carbocycles. The molecule has 1 aliphatic rings. The molecule has 1 aliphatic heterocycles. The third kappa shape index (κ3) is 5.01. The Balaban J connectivity index is 1.32. The van der Waals surface area contributed by atoms with Crippen LogP contribution in [-0.2, 0) is 6.42 Å². The second-order valence-corrected chi connectivity index (χ2v) is 9.88. The summed E-state index contributed by atoms with van der Waals surface area (Å²) in [6.45, 7) is 7.12. The molecule has 0 saturated heterocycles. The molecule has 0 spiro atoms. The Hall–Kier alpha value is -3.43. The first-order valence-electron chi connectivity index (χ1n) is 11.9. The smallest absolute Gasteiger partial charge is 0.131 e. The molecule has 0 aromatic heterocycles. The fourth-order valence-corrected chi connectivity index (χ4v) is 4.89. The van der Waals surface area contributed by atoms with Crippen molar-refractivity contribution in [3.63, 3.8) is 0 Å². The van der Waals surface area contributed by atoms with Gasteiger partial charge in [-0.1, -0.05) is 72.6 Å². The van der Waals surface area contributed by atoms with Crippen LogP contribution in [0, 0.1) is 25.6 Å². The van der Waals surface area contributed by atoms with Gasteiger partial charge < -0.3 is 0 Å². The van der Waals surface area contributed by atoms with Gasteiger partial charge in [-0.25, -0.2) is 4.39 Å². The molecule has 0 aliphatic carbocycles. The summed E-state index contributed by atoms with van der Waals surface area (Å²) in [6.07, 6.45) is 0.829. The highest BCUT2D eigenvalue weighted by Gasteiger charge is 2.25. The number of hydrogen-bond acceptors (Lipinski definition) is 2. The molecule has 0 bridgehead atoms. The average Bonchev–Trinajstić information content (AvgIpc) is 3.24. The minimum absolute atomic E-state index is 0.184. The number of anilines is 1. The Bertz CT molecular complexity index is 1410. The van der Waals surface area contributed by atoms with Crippen molar-refractivity contribution in [3.8, 4) is 11.1 Å². The molecule has 1 atom stereocenters. The molecular weight excluding hydrogens is 455 g/mol. The molecule has 4 aromatic rings. The second-order valence-electron chi connectivity index (χ2n) is 9.45. The van der Waals surface area contributed by atoms with E-state index in [-0.39, 0.29) is 5.82 Å². The molecule has 35 heavy (non-hydrogen) atoms. The first-order valence-corrected chi connectivity index (χ1v) is 12.3. The topological polar surface area (TPSA) is 15.6 Å². The predicted octanol–water partition coefficient (Wildman–Crippen LogP) is 8.21. The normalized spacial score (nSPS) is 15.4. The van der Waals surface area contributed by atoms with Gasteiger partial charge in [0.05, 0.1) is 11.4 Å². The number of hydrazone groups is 1. The molecule has 0 unspecified atom stereocenters. The van der Waals surface area contributed by atoms with Crippen LogP contribution in [0.5, 0.6) is 0 Å². The average molecular weight is 483 g/mol. The van der Waals surface area contributed by atoms with E-state index in [1.165, 1.54) is 11.1 Å². The van der Waals surface area contributed by atoms with E-state index < -0.39 is 0 Å². The lowest BCUT2D eigenvalue weighted by molar-refractivity contribution is 0.631. The van der Waals surface area contributed by atoms with Crippen molar-refractivity contribution in [2.75, 3.05) is 11.6 Å². The number of aryl methyl sites for hydroxylation is 2. The van der Waals surface area contributed by atoms with Gasteiger partial charge in [-0.05, 0) is 84.5 Å². The monoisotopic (exact) mass is 482 g/mol.